The third-order valence-electron chi connectivity index (χ3n) is 4.19. The number of hydrogen-bond acceptors (Lipinski definition) is 5. The normalized spacial score (nSPS) is 11.9. The molecule has 0 spiro atoms. The van der Waals surface area contributed by atoms with E-state index in [2.05, 4.69) is 20.9 Å². The molecule has 0 saturated heterocycles. The Morgan fingerprint density at radius 3 is 2.52 bits per heavy atom. The van der Waals surface area contributed by atoms with Crippen molar-refractivity contribution < 1.29 is 32.6 Å². The molecule has 1 aromatic heterocycles. The molecule has 1 amide bonds. The lowest BCUT2D eigenvalue weighted by atomic mass is 10.1. The largest absolute Gasteiger partial charge is 0.481 e. The van der Waals surface area contributed by atoms with Crippen LogP contribution in [0.15, 0.2) is 45.5 Å². The summed E-state index contributed by atoms with van der Waals surface area (Å²) in [5.74, 6) is -5.46. The van der Waals surface area contributed by atoms with Gasteiger partial charge in [0.15, 0.2) is 22.3 Å². The zero-order valence-corrected chi connectivity index (χ0v) is 17.9. The molecule has 0 saturated carbocycles. The number of amides is 1. The number of nitrogens with two attached hydrogens (primary N) is 1. The summed E-state index contributed by atoms with van der Waals surface area (Å²) in [6.45, 7) is 0. The predicted molar refractivity (Wildman–Crippen MR) is 110 cm³/mol. The topological polar surface area (TPSA) is 116 Å². The summed E-state index contributed by atoms with van der Waals surface area (Å²) in [4.78, 5) is 26.7. The Balaban J connectivity index is 1.98. The minimum Gasteiger partial charge on any atom is -0.481 e. The fourth-order valence-electron chi connectivity index (χ4n) is 2.73. The summed E-state index contributed by atoms with van der Waals surface area (Å²) >= 11 is 9.13. The number of carboxylic acids is 1. The van der Waals surface area contributed by atoms with Crippen molar-refractivity contribution in [3.63, 3.8) is 0 Å². The molecule has 2 aromatic carbocycles. The second-order valence-electron chi connectivity index (χ2n) is 6.32. The van der Waals surface area contributed by atoms with Gasteiger partial charge in [-0.25, -0.2) is 13.8 Å². The summed E-state index contributed by atoms with van der Waals surface area (Å²) in [7, 11) is 0. The average molecular weight is 516 g/mol. The van der Waals surface area contributed by atoms with E-state index in [1.165, 1.54) is 0 Å². The van der Waals surface area contributed by atoms with E-state index in [4.69, 9.17) is 31.6 Å². The highest BCUT2D eigenvalue weighted by Crippen LogP contribution is 2.35. The summed E-state index contributed by atoms with van der Waals surface area (Å²) in [6.07, 6.45) is -1.66. The van der Waals surface area contributed by atoms with Crippen LogP contribution in [0.1, 0.15) is 35.2 Å². The van der Waals surface area contributed by atoms with Crippen LogP contribution >= 0.6 is 27.5 Å². The van der Waals surface area contributed by atoms with Crippen LogP contribution < -0.4 is 10.5 Å². The van der Waals surface area contributed by atoms with E-state index in [9.17, 15) is 18.4 Å². The van der Waals surface area contributed by atoms with Crippen molar-refractivity contribution in [3.8, 4) is 17.0 Å². The molecule has 0 bridgehead atoms. The van der Waals surface area contributed by atoms with Crippen LogP contribution in [0.2, 0.25) is 5.02 Å². The van der Waals surface area contributed by atoms with Crippen molar-refractivity contribution in [3.05, 3.63) is 69.2 Å². The number of ether oxygens (including phenoxy) is 1. The molecule has 0 aliphatic carbocycles. The maximum Gasteiger partial charge on any atom is 0.303 e. The van der Waals surface area contributed by atoms with E-state index in [1.807, 2.05) is 0 Å². The quantitative estimate of drug-likeness (QED) is 0.430. The summed E-state index contributed by atoms with van der Waals surface area (Å²) in [6, 6.07) is 8.46. The molecule has 0 aliphatic heterocycles. The van der Waals surface area contributed by atoms with Crippen molar-refractivity contribution in [2.75, 3.05) is 0 Å². The molecule has 1 unspecified atom stereocenters. The van der Waals surface area contributed by atoms with Gasteiger partial charge in [-0.15, -0.1) is 0 Å². The first-order valence-corrected chi connectivity index (χ1v) is 9.93. The zero-order valence-electron chi connectivity index (χ0n) is 15.6. The number of aromatic nitrogens is 1. The van der Waals surface area contributed by atoms with E-state index in [0.29, 0.717) is 16.3 Å². The Hall–Kier alpha value is -2.98. The molecule has 31 heavy (non-hydrogen) atoms. The molecule has 3 N–H and O–H groups in total. The third kappa shape index (κ3) is 5.20. The fourth-order valence-corrected chi connectivity index (χ4v) is 3.34. The van der Waals surface area contributed by atoms with Gasteiger partial charge in [0.05, 0.1) is 0 Å². The van der Waals surface area contributed by atoms with Crippen molar-refractivity contribution in [1.29, 1.82) is 0 Å². The molecule has 3 rings (SSSR count). The van der Waals surface area contributed by atoms with Crippen molar-refractivity contribution in [2.45, 2.75) is 18.9 Å². The number of benzene rings is 2. The molecule has 0 fully saturated rings. The molecule has 0 aliphatic rings. The van der Waals surface area contributed by atoms with E-state index >= 15 is 0 Å². The number of carbonyl (C=O) groups is 2. The standard InChI is InChI=1S/C20H14BrClF2N2O5/c21-18-17(9-1-3-10(22)4-2-9)26-20(31-18)13(7-8-14(27)28)30-12-6-5-11(23)15(16(12)24)19(25)29/h1-6,13H,7-8H2,(H2,25,29)(H,27,28). The fraction of sp³-hybridized carbons (Fsp3) is 0.150. The van der Waals surface area contributed by atoms with Gasteiger partial charge in [0.2, 0.25) is 5.89 Å². The van der Waals surface area contributed by atoms with Crippen molar-refractivity contribution in [1.82, 2.24) is 4.98 Å². The number of rotatable bonds is 8. The smallest absolute Gasteiger partial charge is 0.303 e. The first-order valence-electron chi connectivity index (χ1n) is 8.75. The van der Waals surface area contributed by atoms with Crippen LogP contribution in [-0.4, -0.2) is 22.0 Å². The second kappa shape index (κ2) is 9.44. The van der Waals surface area contributed by atoms with Crippen molar-refractivity contribution in [2.24, 2.45) is 5.73 Å². The Morgan fingerprint density at radius 1 is 1.23 bits per heavy atom. The van der Waals surface area contributed by atoms with Gasteiger partial charge in [-0.1, -0.05) is 23.7 Å². The number of halogens is 4. The number of oxazole rings is 1. The second-order valence-corrected chi connectivity index (χ2v) is 7.48. The number of hydrogen-bond donors (Lipinski definition) is 2. The SMILES string of the molecule is NC(=O)c1c(F)ccc(OC(CCC(=O)O)c2nc(-c3ccc(Cl)cc3)c(Br)o2)c1F. The molecule has 1 heterocycles. The Kier molecular flexibility index (Phi) is 6.91. The molecule has 7 nitrogen and oxygen atoms in total. The maximum atomic E-state index is 14.6. The summed E-state index contributed by atoms with van der Waals surface area (Å²) in [5.41, 5.74) is 5.08. The average Bonchev–Trinajstić information content (AvgIpc) is 3.08. The lowest BCUT2D eigenvalue weighted by Gasteiger charge is -2.17. The first-order chi connectivity index (χ1) is 14.7. The van der Waals surface area contributed by atoms with Crippen LogP contribution in [0.25, 0.3) is 11.3 Å². The predicted octanol–water partition coefficient (Wildman–Crippen LogP) is 5.12. The number of carboxylic acid groups (broad SMARTS) is 1. The van der Waals surface area contributed by atoms with E-state index < -0.39 is 40.9 Å². The molecule has 0 radical (unpaired) electrons. The number of primary amides is 1. The zero-order chi connectivity index (χ0) is 22.7. The van der Waals surface area contributed by atoms with Crippen LogP contribution in [0.4, 0.5) is 8.78 Å². The maximum absolute atomic E-state index is 14.6. The van der Waals surface area contributed by atoms with Gasteiger partial charge in [0.25, 0.3) is 5.91 Å². The molecule has 11 heteroatoms. The Labute approximate surface area is 187 Å². The van der Waals surface area contributed by atoms with Gasteiger partial charge in [-0.3, -0.25) is 9.59 Å². The Morgan fingerprint density at radius 2 is 1.90 bits per heavy atom. The van der Waals surface area contributed by atoms with E-state index in [1.54, 1.807) is 24.3 Å². The lowest BCUT2D eigenvalue weighted by Crippen LogP contribution is -2.17. The summed E-state index contributed by atoms with van der Waals surface area (Å²) in [5, 5.41) is 9.55. The highest BCUT2D eigenvalue weighted by atomic mass is 79.9. The monoisotopic (exact) mass is 514 g/mol. The van der Waals surface area contributed by atoms with E-state index in [-0.39, 0.29) is 23.4 Å². The molecule has 1 atom stereocenters. The highest BCUT2D eigenvalue weighted by Gasteiger charge is 2.27. The van der Waals surface area contributed by atoms with Gasteiger partial charge < -0.3 is 20.0 Å². The molecular formula is C20H14BrClF2N2O5. The molecule has 3 aromatic rings. The lowest BCUT2D eigenvalue weighted by molar-refractivity contribution is -0.137. The van der Waals surface area contributed by atoms with Crippen LogP contribution in [-0.2, 0) is 4.79 Å². The first kappa shape index (κ1) is 22.7. The van der Waals surface area contributed by atoms with Crippen LogP contribution in [0, 0.1) is 11.6 Å². The van der Waals surface area contributed by atoms with Gasteiger partial charge in [0.1, 0.15) is 17.1 Å². The Bertz CT molecular complexity index is 1140. The third-order valence-corrected chi connectivity index (χ3v) is 4.98. The van der Waals surface area contributed by atoms with E-state index in [0.717, 1.165) is 12.1 Å². The minimum atomic E-state index is -1.31. The van der Waals surface area contributed by atoms with Gasteiger partial charge in [-0.05, 0) is 40.2 Å². The summed E-state index contributed by atoms with van der Waals surface area (Å²) < 4.78 is 39.7. The number of nitrogens with zero attached hydrogens (tertiary/aromatic N) is 1. The van der Waals surface area contributed by atoms with Crippen molar-refractivity contribution >= 4 is 39.4 Å². The molecule has 162 valence electrons. The number of aliphatic carboxylic acids is 1. The van der Waals surface area contributed by atoms with Crippen LogP contribution in [0.3, 0.4) is 0 Å². The molecular weight excluding hydrogens is 502 g/mol. The van der Waals surface area contributed by atoms with Gasteiger partial charge in [-0.2, -0.15) is 0 Å². The van der Waals surface area contributed by atoms with Gasteiger partial charge >= 0.3 is 5.97 Å². The van der Waals surface area contributed by atoms with Gasteiger partial charge in [0, 0.05) is 23.4 Å². The number of carbonyl (C=O) groups excluding carboxylic acids is 1. The minimum absolute atomic E-state index is 0.0533. The van der Waals surface area contributed by atoms with Crippen LogP contribution in [0.5, 0.6) is 5.75 Å². The highest BCUT2D eigenvalue weighted by molar-refractivity contribution is 9.10.